The molecular formula is C13H21IN2O. The predicted molar refractivity (Wildman–Crippen MR) is 80.2 cm³/mol. The number of ether oxygens (including phenoxy) is 1. The van der Waals surface area contributed by atoms with Crippen molar-refractivity contribution < 1.29 is 4.74 Å². The van der Waals surface area contributed by atoms with Crippen molar-refractivity contribution in [3.8, 4) is 0 Å². The van der Waals surface area contributed by atoms with Crippen LogP contribution in [0.1, 0.15) is 5.56 Å². The first kappa shape index (κ1) is 14.9. The Morgan fingerprint density at radius 2 is 2.06 bits per heavy atom. The van der Waals surface area contributed by atoms with Crippen LogP contribution in [-0.4, -0.2) is 45.3 Å². The zero-order valence-corrected chi connectivity index (χ0v) is 12.7. The summed E-state index contributed by atoms with van der Waals surface area (Å²) in [5.74, 6) is 0. The largest absolute Gasteiger partial charge is 0.383 e. The first-order chi connectivity index (χ1) is 8.24. The minimum atomic E-state index is 0.778. The Kier molecular flexibility index (Phi) is 7.75. The maximum atomic E-state index is 4.98. The van der Waals surface area contributed by atoms with E-state index in [1.165, 1.54) is 9.13 Å². The normalized spacial score (nSPS) is 11.1. The second-order valence-electron chi connectivity index (χ2n) is 4.07. The molecular weight excluding hydrogens is 327 g/mol. The van der Waals surface area contributed by atoms with E-state index >= 15 is 0 Å². The van der Waals surface area contributed by atoms with Gasteiger partial charge in [-0.2, -0.15) is 0 Å². The third-order valence-corrected chi connectivity index (χ3v) is 3.60. The summed E-state index contributed by atoms with van der Waals surface area (Å²) in [6.45, 7) is 4.76. The second kappa shape index (κ2) is 8.85. The molecule has 3 nitrogen and oxygen atoms in total. The standard InChI is InChI=1S/C13H21IN2O/c1-16(9-7-15-8-10-17-2)11-12-5-3-4-6-13(12)14/h3-6,15H,7-11H2,1-2H3. The first-order valence-corrected chi connectivity index (χ1v) is 6.93. The summed E-state index contributed by atoms with van der Waals surface area (Å²) in [6.07, 6.45) is 0. The fourth-order valence-electron chi connectivity index (χ4n) is 1.57. The molecule has 0 aliphatic rings. The number of hydrogen-bond acceptors (Lipinski definition) is 3. The number of nitrogens with zero attached hydrogens (tertiary/aromatic N) is 1. The summed E-state index contributed by atoms with van der Waals surface area (Å²) in [5, 5.41) is 3.35. The van der Waals surface area contributed by atoms with Crippen molar-refractivity contribution in [2.75, 3.05) is 40.4 Å². The molecule has 0 heterocycles. The molecule has 0 aliphatic carbocycles. The van der Waals surface area contributed by atoms with Crippen LogP contribution in [0.2, 0.25) is 0 Å². The lowest BCUT2D eigenvalue weighted by Crippen LogP contribution is -2.30. The molecule has 0 spiro atoms. The fourth-order valence-corrected chi connectivity index (χ4v) is 2.12. The quantitative estimate of drug-likeness (QED) is 0.574. The van der Waals surface area contributed by atoms with Gasteiger partial charge in [-0.25, -0.2) is 0 Å². The van der Waals surface area contributed by atoms with E-state index in [0.29, 0.717) is 0 Å². The van der Waals surface area contributed by atoms with Crippen molar-refractivity contribution in [2.24, 2.45) is 0 Å². The van der Waals surface area contributed by atoms with Crippen LogP contribution in [0.5, 0.6) is 0 Å². The topological polar surface area (TPSA) is 24.5 Å². The summed E-state index contributed by atoms with van der Waals surface area (Å²) in [5.41, 5.74) is 1.40. The van der Waals surface area contributed by atoms with Crippen molar-refractivity contribution in [3.63, 3.8) is 0 Å². The lowest BCUT2D eigenvalue weighted by Gasteiger charge is -2.17. The van der Waals surface area contributed by atoms with Crippen LogP contribution >= 0.6 is 22.6 Å². The summed E-state index contributed by atoms with van der Waals surface area (Å²) in [7, 11) is 3.88. The molecule has 0 atom stereocenters. The molecule has 1 aromatic carbocycles. The second-order valence-corrected chi connectivity index (χ2v) is 5.23. The Labute approximate surface area is 118 Å². The van der Waals surface area contributed by atoms with Gasteiger partial charge in [-0.15, -0.1) is 0 Å². The van der Waals surface area contributed by atoms with E-state index in [-0.39, 0.29) is 0 Å². The molecule has 1 N–H and O–H groups in total. The molecule has 0 aliphatic heterocycles. The third-order valence-electron chi connectivity index (χ3n) is 2.55. The van der Waals surface area contributed by atoms with Crippen molar-refractivity contribution in [2.45, 2.75) is 6.54 Å². The van der Waals surface area contributed by atoms with Crippen molar-refractivity contribution in [1.82, 2.24) is 10.2 Å². The van der Waals surface area contributed by atoms with Gasteiger partial charge in [0.1, 0.15) is 0 Å². The summed E-state index contributed by atoms with van der Waals surface area (Å²) in [4.78, 5) is 2.33. The lowest BCUT2D eigenvalue weighted by molar-refractivity contribution is 0.197. The molecule has 0 amide bonds. The molecule has 0 aromatic heterocycles. The fraction of sp³-hybridized carbons (Fsp3) is 0.538. The van der Waals surface area contributed by atoms with Crippen LogP contribution in [0.25, 0.3) is 0 Å². The Bertz CT molecular complexity index is 320. The van der Waals surface area contributed by atoms with E-state index in [0.717, 1.165) is 32.8 Å². The summed E-state index contributed by atoms with van der Waals surface area (Å²) < 4.78 is 6.32. The Balaban J connectivity index is 2.21. The maximum absolute atomic E-state index is 4.98. The number of halogens is 1. The first-order valence-electron chi connectivity index (χ1n) is 5.85. The highest BCUT2D eigenvalue weighted by molar-refractivity contribution is 14.1. The van der Waals surface area contributed by atoms with E-state index in [1.807, 2.05) is 0 Å². The third kappa shape index (κ3) is 6.35. The van der Waals surface area contributed by atoms with E-state index in [4.69, 9.17) is 4.74 Å². The van der Waals surface area contributed by atoms with Crippen LogP contribution < -0.4 is 5.32 Å². The highest BCUT2D eigenvalue weighted by atomic mass is 127. The Morgan fingerprint density at radius 1 is 1.29 bits per heavy atom. The van der Waals surface area contributed by atoms with Gasteiger partial charge in [-0.05, 0) is 41.3 Å². The number of benzene rings is 1. The number of likely N-dealkylation sites (N-methyl/N-ethyl adjacent to an activating group) is 1. The number of methoxy groups -OCH3 is 1. The monoisotopic (exact) mass is 348 g/mol. The molecule has 0 saturated carbocycles. The molecule has 96 valence electrons. The van der Waals surface area contributed by atoms with E-state index in [9.17, 15) is 0 Å². The van der Waals surface area contributed by atoms with Gasteiger partial charge in [0.25, 0.3) is 0 Å². The molecule has 0 radical (unpaired) electrons. The van der Waals surface area contributed by atoms with Gasteiger partial charge in [0.05, 0.1) is 6.61 Å². The molecule has 17 heavy (non-hydrogen) atoms. The zero-order chi connectivity index (χ0) is 12.5. The molecule has 0 bridgehead atoms. The average Bonchev–Trinajstić information content (AvgIpc) is 2.32. The van der Waals surface area contributed by atoms with Gasteiger partial charge < -0.3 is 15.0 Å². The molecule has 1 rings (SSSR count). The molecule has 0 saturated heterocycles. The van der Waals surface area contributed by atoms with Crippen LogP contribution in [0.15, 0.2) is 24.3 Å². The summed E-state index contributed by atoms with van der Waals surface area (Å²) in [6, 6.07) is 8.52. The van der Waals surface area contributed by atoms with Crippen LogP contribution in [0.4, 0.5) is 0 Å². The van der Waals surface area contributed by atoms with Crippen molar-refractivity contribution in [1.29, 1.82) is 0 Å². The average molecular weight is 348 g/mol. The maximum Gasteiger partial charge on any atom is 0.0587 e. The van der Waals surface area contributed by atoms with Gasteiger partial charge in [-0.3, -0.25) is 0 Å². The van der Waals surface area contributed by atoms with Crippen molar-refractivity contribution in [3.05, 3.63) is 33.4 Å². The van der Waals surface area contributed by atoms with Gasteiger partial charge in [0, 0.05) is 36.9 Å². The van der Waals surface area contributed by atoms with Crippen LogP contribution in [0.3, 0.4) is 0 Å². The minimum Gasteiger partial charge on any atom is -0.383 e. The Morgan fingerprint density at radius 3 is 2.76 bits per heavy atom. The van der Waals surface area contributed by atoms with Gasteiger partial charge in [-0.1, -0.05) is 18.2 Å². The van der Waals surface area contributed by atoms with Crippen LogP contribution in [-0.2, 0) is 11.3 Å². The molecule has 0 unspecified atom stereocenters. The number of hydrogen-bond donors (Lipinski definition) is 1. The number of rotatable bonds is 8. The lowest BCUT2D eigenvalue weighted by atomic mass is 10.2. The Hall–Kier alpha value is -0.170. The molecule has 1 aromatic rings. The highest BCUT2D eigenvalue weighted by Crippen LogP contribution is 2.12. The SMILES string of the molecule is COCCNCCN(C)Cc1ccccc1I. The molecule has 4 heteroatoms. The van der Waals surface area contributed by atoms with E-state index < -0.39 is 0 Å². The zero-order valence-electron chi connectivity index (χ0n) is 10.6. The predicted octanol–water partition coefficient (Wildman–Crippen LogP) is 1.96. The molecule has 0 fully saturated rings. The number of nitrogens with one attached hydrogen (secondary N) is 1. The van der Waals surface area contributed by atoms with Gasteiger partial charge >= 0.3 is 0 Å². The van der Waals surface area contributed by atoms with Gasteiger partial charge in [0.2, 0.25) is 0 Å². The van der Waals surface area contributed by atoms with E-state index in [1.54, 1.807) is 7.11 Å². The van der Waals surface area contributed by atoms with Gasteiger partial charge in [0.15, 0.2) is 0 Å². The highest BCUT2D eigenvalue weighted by Gasteiger charge is 2.02. The van der Waals surface area contributed by atoms with E-state index in [2.05, 4.69) is 64.1 Å². The summed E-state index contributed by atoms with van der Waals surface area (Å²) >= 11 is 2.39. The smallest absolute Gasteiger partial charge is 0.0587 e. The van der Waals surface area contributed by atoms with Crippen LogP contribution in [0, 0.1) is 3.57 Å². The van der Waals surface area contributed by atoms with Crippen molar-refractivity contribution >= 4 is 22.6 Å². The minimum absolute atomic E-state index is 0.778.